The Kier molecular flexibility index (Phi) is 5.33. The van der Waals surface area contributed by atoms with Gasteiger partial charge in [0.1, 0.15) is 5.82 Å². The number of methoxy groups -OCH3 is 1. The van der Waals surface area contributed by atoms with Crippen molar-refractivity contribution in [2.24, 2.45) is 0 Å². The second kappa shape index (κ2) is 7.22. The fourth-order valence-electron chi connectivity index (χ4n) is 2.50. The number of anilines is 1. The minimum absolute atomic E-state index is 0.129. The third-order valence-corrected chi connectivity index (χ3v) is 3.62. The van der Waals surface area contributed by atoms with Crippen molar-refractivity contribution in [2.45, 2.75) is 19.9 Å². The Bertz CT molecular complexity index is 516. The van der Waals surface area contributed by atoms with E-state index >= 15 is 0 Å². The molecule has 0 aromatic carbocycles. The Morgan fingerprint density at radius 3 is 3.00 bits per heavy atom. The molecule has 0 unspecified atom stereocenters. The van der Waals surface area contributed by atoms with Crippen LogP contribution in [0, 0.1) is 6.92 Å². The molecule has 0 spiro atoms. The van der Waals surface area contributed by atoms with E-state index in [2.05, 4.69) is 22.5 Å². The quantitative estimate of drug-likeness (QED) is 0.775. The molecule has 1 amide bonds. The number of pyridine rings is 1. The molecule has 0 atom stereocenters. The van der Waals surface area contributed by atoms with Gasteiger partial charge >= 0.3 is 0 Å². The van der Waals surface area contributed by atoms with Crippen molar-refractivity contribution >= 4 is 11.7 Å². The van der Waals surface area contributed by atoms with Gasteiger partial charge in [0.05, 0.1) is 13.0 Å². The van der Waals surface area contributed by atoms with Gasteiger partial charge in [-0.3, -0.25) is 4.79 Å². The van der Waals surface area contributed by atoms with E-state index in [1.54, 1.807) is 7.11 Å². The highest BCUT2D eigenvalue weighted by atomic mass is 16.5. The highest BCUT2D eigenvalue weighted by Gasteiger charge is 2.23. The lowest BCUT2D eigenvalue weighted by Crippen LogP contribution is -2.35. The normalized spacial score (nSPS) is 14.6. The van der Waals surface area contributed by atoms with Crippen LogP contribution in [0.4, 0.5) is 5.82 Å². The molecular weight excluding hydrogens is 266 g/mol. The van der Waals surface area contributed by atoms with Crippen LogP contribution in [0.3, 0.4) is 0 Å². The van der Waals surface area contributed by atoms with Crippen LogP contribution in [0.25, 0.3) is 0 Å². The van der Waals surface area contributed by atoms with E-state index in [0.29, 0.717) is 26.1 Å². The highest BCUT2D eigenvalue weighted by Crippen LogP contribution is 2.23. The molecule has 2 rings (SSSR count). The van der Waals surface area contributed by atoms with Gasteiger partial charge < -0.3 is 14.5 Å². The molecule has 0 aliphatic carbocycles. The lowest BCUT2D eigenvalue weighted by Gasteiger charge is -2.22. The van der Waals surface area contributed by atoms with Gasteiger partial charge in [0.25, 0.3) is 0 Å². The monoisotopic (exact) mass is 289 g/mol. The zero-order valence-electron chi connectivity index (χ0n) is 12.8. The zero-order valence-corrected chi connectivity index (χ0v) is 12.8. The predicted octanol–water partition coefficient (Wildman–Crippen LogP) is 1.76. The number of aryl methyl sites for hydroxylation is 1. The maximum Gasteiger partial charge on any atom is 0.225 e. The maximum atomic E-state index is 12.2. The fourth-order valence-corrected chi connectivity index (χ4v) is 2.50. The predicted molar refractivity (Wildman–Crippen MR) is 83.3 cm³/mol. The summed E-state index contributed by atoms with van der Waals surface area (Å²) < 4.78 is 5.00. The molecule has 0 saturated heterocycles. The third-order valence-electron chi connectivity index (χ3n) is 3.62. The summed E-state index contributed by atoms with van der Waals surface area (Å²) in [6, 6.07) is 4.06. The van der Waals surface area contributed by atoms with E-state index < -0.39 is 0 Å². The standard InChI is InChI=1S/C16H23N3O2/c1-4-8-18-9-10-19(15(20)7-11-21-3)12-14-6-5-13(2)17-16(14)18/h4-6H,1,7-12H2,2-3H3. The van der Waals surface area contributed by atoms with Crippen molar-refractivity contribution in [3.8, 4) is 0 Å². The summed E-state index contributed by atoms with van der Waals surface area (Å²) in [5.41, 5.74) is 2.08. The van der Waals surface area contributed by atoms with Gasteiger partial charge in [-0.15, -0.1) is 6.58 Å². The van der Waals surface area contributed by atoms with Crippen molar-refractivity contribution in [1.82, 2.24) is 9.88 Å². The average Bonchev–Trinajstić information content (AvgIpc) is 2.65. The fraction of sp³-hybridized carbons (Fsp3) is 0.500. The van der Waals surface area contributed by atoms with Crippen LogP contribution in [0.1, 0.15) is 17.7 Å². The van der Waals surface area contributed by atoms with Gasteiger partial charge in [-0.05, 0) is 13.0 Å². The minimum atomic E-state index is 0.129. The molecule has 1 aromatic rings. The number of aromatic nitrogens is 1. The highest BCUT2D eigenvalue weighted by molar-refractivity contribution is 5.76. The molecule has 1 aliphatic heterocycles. The number of carbonyl (C=O) groups excluding carboxylic acids is 1. The Morgan fingerprint density at radius 2 is 2.29 bits per heavy atom. The van der Waals surface area contributed by atoms with Crippen LogP contribution >= 0.6 is 0 Å². The molecule has 1 aromatic heterocycles. The summed E-state index contributed by atoms with van der Waals surface area (Å²) in [7, 11) is 1.61. The molecule has 0 N–H and O–H groups in total. The lowest BCUT2D eigenvalue weighted by molar-refractivity contribution is -0.132. The van der Waals surface area contributed by atoms with E-state index in [-0.39, 0.29) is 5.91 Å². The third kappa shape index (κ3) is 3.82. The number of fused-ring (bicyclic) bond motifs is 1. The smallest absolute Gasteiger partial charge is 0.225 e. The number of carbonyl (C=O) groups is 1. The van der Waals surface area contributed by atoms with Crippen molar-refractivity contribution in [1.29, 1.82) is 0 Å². The number of hydrogen-bond acceptors (Lipinski definition) is 4. The number of nitrogens with zero attached hydrogens (tertiary/aromatic N) is 3. The van der Waals surface area contributed by atoms with Crippen LogP contribution in [0.2, 0.25) is 0 Å². The summed E-state index contributed by atoms with van der Waals surface area (Å²) in [6.45, 7) is 9.08. The Labute approximate surface area is 126 Å². The lowest BCUT2D eigenvalue weighted by atomic mass is 10.2. The van der Waals surface area contributed by atoms with Crippen molar-refractivity contribution in [2.75, 3.05) is 38.3 Å². The molecule has 5 nitrogen and oxygen atoms in total. The molecule has 114 valence electrons. The molecule has 1 aliphatic rings. The SMILES string of the molecule is C=CCN1CCN(C(=O)CCOC)Cc2ccc(C)nc21. The van der Waals surface area contributed by atoms with Gasteiger partial charge in [-0.25, -0.2) is 4.98 Å². The van der Waals surface area contributed by atoms with E-state index in [1.165, 1.54) is 0 Å². The molecule has 0 fully saturated rings. The Balaban J connectivity index is 2.22. The van der Waals surface area contributed by atoms with E-state index in [4.69, 9.17) is 4.74 Å². The molecule has 0 saturated carbocycles. The van der Waals surface area contributed by atoms with Gasteiger partial charge in [-0.1, -0.05) is 12.1 Å². The largest absolute Gasteiger partial charge is 0.384 e. The molecule has 0 radical (unpaired) electrons. The van der Waals surface area contributed by atoms with Gasteiger partial charge in [0.15, 0.2) is 0 Å². The molecule has 5 heteroatoms. The summed E-state index contributed by atoms with van der Waals surface area (Å²) in [5.74, 6) is 1.10. The first-order valence-corrected chi connectivity index (χ1v) is 7.24. The van der Waals surface area contributed by atoms with Crippen LogP contribution in [-0.2, 0) is 16.1 Å². The Hall–Kier alpha value is -1.88. The maximum absolute atomic E-state index is 12.2. The van der Waals surface area contributed by atoms with Crippen LogP contribution in [0.5, 0.6) is 0 Å². The number of amides is 1. The van der Waals surface area contributed by atoms with Crippen LogP contribution < -0.4 is 4.90 Å². The van der Waals surface area contributed by atoms with Gasteiger partial charge in [-0.2, -0.15) is 0 Å². The Morgan fingerprint density at radius 1 is 1.48 bits per heavy atom. The summed E-state index contributed by atoms with van der Waals surface area (Å²) in [6.07, 6.45) is 2.29. The first-order valence-electron chi connectivity index (χ1n) is 7.24. The minimum Gasteiger partial charge on any atom is -0.384 e. The van der Waals surface area contributed by atoms with E-state index in [0.717, 1.165) is 30.2 Å². The van der Waals surface area contributed by atoms with Gasteiger partial charge in [0.2, 0.25) is 5.91 Å². The van der Waals surface area contributed by atoms with Crippen LogP contribution in [0.15, 0.2) is 24.8 Å². The van der Waals surface area contributed by atoms with E-state index in [1.807, 2.05) is 24.0 Å². The summed E-state index contributed by atoms with van der Waals surface area (Å²) >= 11 is 0. The second-order valence-corrected chi connectivity index (χ2v) is 5.23. The summed E-state index contributed by atoms with van der Waals surface area (Å²) in [4.78, 5) is 20.9. The zero-order chi connectivity index (χ0) is 15.2. The van der Waals surface area contributed by atoms with Gasteiger partial charge in [0, 0.05) is 44.5 Å². The topological polar surface area (TPSA) is 45.7 Å². The van der Waals surface area contributed by atoms with Crippen molar-refractivity contribution in [3.05, 3.63) is 36.0 Å². The molecule has 2 heterocycles. The summed E-state index contributed by atoms with van der Waals surface area (Å²) in [5, 5.41) is 0. The number of rotatable bonds is 5. The van der Waals surface area contributed by atoms with Crippen molar-refractivity contribution < 1.29 is 9.53 Å². The first kappa shape index (κ1) is 15.5. The van der Waals surface area contributed by atoms with E-state index in [9.17, 15) is 4.79 Å². The second-order valence-electron chi connectivity index (χ2n) is 5.23. The average molecular weight is 289 g/mol. The molecule has 21 heavy (non-hydrogen) atoms. The number of hydrogen-bond donors (Lipinski definition) is 0. The van der Waals surface area contributed by atoms with Crippen LogP contribution in [-0.4, -0.2) is 49.1 Å². The van der Waals surface area contributed by atoms with Crippen molar-refractivity contribution in [3.63, 3.8) is 0 Å². The number of ether oxygens (including phenoxy) is 1. The molecular formula is C16H23N3O2. The first-order chi connectivity index (χ1) is 10.2. The molecule has 0 bridgehead atoms.